The minimum Gasteiger partial charge on any atom is -0.390 e. The fourth-order valence-corrected chi connectivity index (χ4v) is 2.52. The van der Waals surface area contributed by atoms with E-state index in [1.165, 1.54) is 22.2 Å². The molecule has 1 N–H and O–H groups in total. The lowest BCUT2D eigenvalue weighted by molar-refractivity contribution is 0.0813. The van der Waals surface area contributed by atoms with Crippen LogP contribution >= 0.6 is 0 Å². The maximum absolute atomic E-state index is 9.96. The third-order valence-corrected chi connectivity index (χ3v) is 3.18. The van der Waals surface area contributed by atoms with Crippen LogP contribution in [-0.2, 0) is 13.0 Å². The van der Waals surface area contributed by atoms with Gasteiger partial charge in [-0.3, -0.25) is 0 Å². The van der Waals surface area contributed by atoms with E-state index in [1.807, 2.05) is 13.8 Å². The number of rotatable bonds is 3. The Hall–Kier alpha value is -1.28. The van der Waals surface area contributed by atoms with Crippen molar-refractivity contribution in [2.45, 2.75) is 46.3 Å². The number of fused-ring (bicyclic) bond motifs is 1. The van der Waals surface area contributed by atoms with E-state index in [0.717, 1.165) is 6.54 Å². The maximum atomic E-state index is 9.96. The van der Waals surface area contributed by atoms with Crippen LogP contribution in [0.1, 0.15) is 32.0 Å². The van der Waals surface area contributed by atoms with E-state index < -0.39 is 5.60 Å². The highest BCUT2D eigenvalue weighted by atomic mass is 16.3. The van der Waals surface area contributed by atoms with Crippen LogP contribution in [0.2, 0.25) is 0 Å². The molecule has 0 saturated carbocycles. The van der Waals surface area contributed by atoms with Gasteiger partial charge in [0.15, 0.2) is 0 Å². The lowest BCUT2D eigenvalue weighted by Crippen LogP contribution is -2.21. The normalized spacial score (nSPS) is 12.3. The van der Waals surface area contributed by atoms with E-state index in [9.17, 15) is 5.11 Å². The van der Waals surface area contributed by atoms with Crippen LogP contribution in [0.3, 0.4) is 0 Å². The molecule has 2 aromatic rings. The van der Waals surface area contributed by atoms with Gasteiger partial charge < -0.3 is 9.67 Å². The Morgan fingerprint density at radius 3 is 2.59 bits per heavy atom. The lowest BCUT2D eigenvalue weighted by atomic mass is 9.96. The first-order valence-corrected chi connectivity index (χ1v) is 6.22. The molecule has 92 valence electrons. The third kappa shape index (κ3) is 2.37. The molecule has 0 atom stereocenters. The summed E-state index contributed by atoms with van der Waals surface area (Å²) in [4.78, 5) is 0. The van der Waals surface area contributed by atoms with E-state index in [-0.39, 0.29) is 0 Å². The zero-order valence-corrected chi connectivity index (χ0v) is 11.1. The van der Waals surface area contributed by atoms with Gasteiger partial charge in [-0.25, -0.2) is 0 Å². The molecular formula is C15H21NO. The molecule has 0 bridgehead atoms. The summed E-state index contributed by atoms with van der Waals surface area (Å²) >= 11 is 0. The predicted molar refractivity (Wildman–Crippen MR) is 72.4 cm³/mol. The average molecular weight is 231 g/mol. The first-order chi connectivity index (χ1) is 7.92. The van der Waals surface area contributed by atoms with Gasteiger partial charge in [0.2, 0.25) is 0 Å². The Morgan fingerprint density at radius 2 is 2.00 bits per heavy atom. The topological polar surface area (TPSA) is 25.2 Å². The van der Waals surface area contributed by atoms with Crippen molar-refractivity contribution >= 4 is 10.9 Å². The van der Waals surface area contributed by atoms with Crippen molar-refractivity contribution in [3.8, 4) is 0 Å². The Morgan fingerprint density at radius 1 is 1.29 bits per heavy atom. The van der Waals surface area contributed by atoms with Gasteiger partial charge in [0.05, 0.1) is 5.60 Å². The summed E-state index contributed by atoms with van der Waals surface area (Å²) in [5.41, 5.74) is 3.12. The molecule has 1 heterocycles. The molecule has 17 heavy (non-hydrogen) atoms. The predicted octanol–water partition coefficient (Wildman–Crippen LogP) is 3.28. The summed E-state index contributed by atoms with van der Waals surface area (Å²) in [7, 11) is 0. The van der Waals surface area contributed by atoms with Crippen molar-refractivity contribution in [3.05, 3.63) is 35.5 Å². The molecule has 2 rings (SSSR count). The molecule has 1 aromatic carbocycles. The first kappa shape index (κ1) is 12.2. The van der Waals surface area contributed by atoms with Crippen LogP contribution in [0.25, 0.3) is 10.9 Å². The highest BCUT2D eigenvalue weighted by Gasteiger charge is 2.16. The zero-order chi connectivity index (χ0) is 12.6. The minimum atomic E-state index is -0.656. The molecule has 0 aliphatic rings. The maximum Gasteiger partial charge on any atom is 0.0632 e. The van der Waals surface area contributed by atoms with E-state index in [1.54, 1.807) is 0 Å². The van der Waals surface area contributed by atoms with Crippen molar-refractivity contribution < 1.29 is 5.11 Å². The second kappa shape index (κ2) is 4.19. The standard InChI is InChI=1S/C15H21NO/c1-5-16-11(2)9-13-12(10-15(3,4)17)7-6-8-14(13)16/h6-9,17H,5,10H2,1-4H3. The van der Waals surface area contributed by atoms with Crippen molar-refractivity contribution in [2.24, 2.45) is 0 Å². The zero-order valence-electron chi connectivity index (χ0n) is 11.1. The number of hydrogen-bond donors (Lipinski definition) is 1. The molecule has 0 spiro atoms. The number of aryl methyl sites for hydroxylation is 2. The molecule has 0 saturated heterocycles. The molecule has 2 nitrogen and oxygen atoms in total. The van der Waals surface area contributed by atoms with Crippen LogP contribution < -0.4 is 0 Å². The second-order valence-electron chi connectivity index (χ2n) is 5.37. The number of aliphatic hydroxyl groups is 1. The Kier molecular flexibility index (Phi) is 3.00. The molecule has 0 unspecified atom stereocenters. The molecule has 0 radical (unpaired) electrons. The van der Waals surface area contributed by atoms with Crippen LogP contribution in [-0.4, -0.2) is 15.3 Å². The molecular weight excluding hydrogens is 210 g/mol. The lowest BCUT2D eigenvalue weighted by Gasteiger charge is -2.17. The van der Waals surface area contributed by atoms with Crippen molar-refractivity contribution in [3.63, 3.8) is 0 Å². The molecule has 0 fully saturated rings. The quantitative estimate of drug-likeness (QED) is 0.861. The van der Waals surface area contributed by atoms with Gasteiger partial charge in [0.25, 0.3) is 0 Å². The van der Waals surface area contributed by atoms with E-state index in [2.05, 4.69) is 42.7 Å². The molecule has 2 heteroatoms. The van der Waals surface area contributed by atoms with Crippen molar-refractivity contribution in [2.75, 3.05) is 0 Å². The van der Waals surface area contributed by atoms with Gasteiger partial charge >= 0.3 is 0 Å². The molecule has 0 aliphatic heterocycles. The highest BCUT2D eigenvalue weighted by molar-refractivity contribution is 5.85. The third-order valence-electron chi connectivity index (χ3n) is 3.18. The van der Waals surface area contributed by atoms with E-state index in [4.69, 9.17) is 0 Å². The second-order valence-corrected chi connectivity index (χ2v) is 5.37. The van der Waals surface area contributed by atoms with Crippen LogP contribution in [0.5, 0.6) is 0 Å². The summed E-state index contributed by atoms with van der Waals surface area (Å²) < 4.78 is 2.31. The average Bonchev–Trinajstić information content (AvgIpc) is 2.53. The molecule has 0 amide bonds. The number of aromatic nitrogens is 1. The largest absolute Gasteiger partial charge is 0.390 e. The summed E-state index contributed by atoms with van der Waals surface area (Å²) in [6.07, 6.45) is 0.692. The number of hydrogen-bond acceptors (Lipinski definition) is 1. The SMILES string of the molecule is CCn1c(C)cc2c(CC(C)(C)O)cccc21. The Labute approximate surface area is 103 Å². The molecule has 0 aliphatic carbocycles. The summed E-state index contributed by atoms with van der Waals surface area (Å²) in [6, 6.07) is 8.56. The smallest absolute Gasteiger partial charge is 0.0632 e. The minimum absolute atomic E-state index is 0.656. The van der Waals surface area contributed by atoms with E-state index in [0.29, 0.717) is 6.42 Å². The Bertz CT molecular complexity index is 532. The van der Waals surface area contributed by atoms with Crippen molar-refractivity contribution in [1.82, 2.24) is 4.57 Å². The van der Waals surface area contributed by atoms with Gasteiger partial charge in [-0.15, -0.1) is 0 Å². The summed E-state index contributed by atoms with van der Waals surface area (Å²) in [5, 5.41) is 11.2. The van der Waals surface area contributed by atoms with Crippen LogP contribution in [0.15, 0.2) is 24.3 Å². The van der Waals surface area contributed by atoms with Gasteiger partial charge in [0.1, 0.15) is 0 Å². The molecule has 1 aromatic heterocycles. The van der Waals surface area contributed by atoms with Crippen LogP contribution in [0.4, 0.5) is 0 Å². The Balaban J connectivity index is 2.58. The van der Waals surface area contributed by atoms with Gasteiger partial charge in [-0.1, -0.05) is 12.1 Å². The number of benzene rings is 1. The van der Waals surface area contributed by atoms with Gasteiger partial charge in [-0.05, 0) is 45.4 Å². The van der Waals surface area contributed by atoms with Gasteiger partial charge in [-0.2, -0.15) is 0 Å². The summed E-state index contributed by atoms with van der Waals surface area (Å²) in [5.74, 6) is 0. The fraction of sp³-hybridized carbons (Fsp3) is 0.467. The van der Waals surface area contributed by atoms with E-state index >= 15 is 0 Å². The highest BCUT2D eigenvalue weighted by Crippen LogP contribution is 2.26. The van der Waals surface area contributed by atoms with Crippen molar-refractivity contribution in [1.29, 1.82) is 0 Å². The van der Waals surface area contributed by atoms with Crippen LogP contribution in [0, 0.1) is 6.92 Å². The summed E-state index contributed by atoms with van der Waals surface area (Å²) in [6.45, 7) is 9.00. The number of nitrogens with zero attached hydrogens (tertiary/aromatic N) is 1. The van der Waals surface area contributed by atoms with Gasteiger partial charge in [0, 0.05) is 29.6 Å². The first-order valence-electron chi connectivity index (χ1n) is 6.22. The monoisotopic (exact) mass is 231 g/mol. The fourth-order valence-electron chi connectivity index (χ4n) is 2.52.